The lowest BCUT2D eigenvalue weighted by atomic mass is 9.95. The summed E-state index contributed by atoms with van der Waals surface area (Å²) in [6.45, 7) is 4.85. The first-order chi connectivity index (χ1) is 14.0. The van der Waals surface area contributed by atoms with E-state index < -0.39 is 5.82 Å². The van der Waals surface area contributed by atoms with Crippen LogP contribution in [0.15, 0.2) is 36.5 Å². The third-order valence-corrected chi connectivity index (χ3v) is 6.37. The molecule has 2 aliphatic rings. The van der Waals surface area contributed by atoms with Crippen LogP contribution in [-0.2, 0) is 0 Å². The summed E-state index contributed by atoms with van der Waals surface area (Å²) in [4.78, 5) is 6.73. The van der Waals surface area contributed by atoms with Gasteiger partial charge < -0.3 is 19.8 Å². The highest BCUT2D eigenvalue weighted by atomic mass is 19.1. The monoisotopic (exact) mass is 400 g/mol. The standard InChI is InChI=1S/C23H29FN2O3/c1-15-2-4-20(11-25-15)29-21-8-18-13-26(14-19(18)9-21)12-17(6-7-27)16-3-5-23(28)22(24)10-16/h2-5,10-11,17-19,21,27-28H,6-9,12-14H2,1H3/t17?,18-,19+,21+. The molecule has 0 radical (unpaired) electrons. The lowest BCUT2D eigenvalue weighted by molar-refractivity contribution is 0.180. The summed E-state index contributed by atoms with van der Waals surface area (Å²) in [7, 11) is 0. The van der Waals surface area contributed by atoms with E-state index in [-0.39, 0.29) is 24.4 Å². The molecule has 0 bridgehead atoms. The maximum atomic E-state index is 13.8. The molecule has 0 amide bonds. The van der Waals surface area contributed by atoms with E-state index in [1.165, 1.54) is 12.1 Å². The summed E-state index contributed by atoms with van der Waals surface area (Å²) in [6.07, 6.45) is 4.73. The van der Waals surface area contributed by atoms with Gasteiger partial charge in [0.1, 0.15) is 5.75 Å². The molecular weight excluding hydrogens is 371 g/mol. The molecule has 2 aromatic rings. The van der Waals surface area contributed by atoms with Crippen molar-refractivity contribution in [1.82, 2.24) is 9.88 Å². The van der Waals surface area contributed by atoms with Crippen LogP contribution in [-0.4, -0.2) is 52.4 Å². The van der Waals surface area contributed by atoms with Crippen LogP contribution < -0.4 is 4.74 Å². The Morgan fingerprint density at radius 1 is 1.21 bits per heavy atom. The first-order valence-corrected chi connectivity index (χ1v) is 10.4. The molecule has 1 aliphatic heterocycles. The molecule has 0 spiro atoms. The van der Waals surface area contributed by atoms with Crippen molar-refractivity contribution in [3.05, 3.63) is 53.6 Å². The second-order valence-electron chi connectivity index (χ2n) is 8.51. The average molecular weight is 400 g/mol. The normalized spacial score (nSPS) is 25.1. The van der Waals surface area contributed by atoms with Gasteiger partial charge in [0.2, 0.25) is 0 Å². The van der Waals surface area contributed by atoms with Crippen LogP contribution in [0, 0.1) is 24.6 Å². The summed E-state index contributed by atoms with van der Waals surface area (Å²) in [5.74, 6) is 1.19. The molecule has 6 heteroatoms. The highest BCUT2D eigenvalue weighted by Gasteiger charge is 2.42. The van der Waals surface area contributed by atoms with Crippen LogP contribution in [0.2, 0.25) is 0 Å². The number of halogens is 1. The van der Waals surface area contributed by atoms with Crippen LogP contribution in [0.25, 0.3) is 0 Å². The van der Waals surface area contributed by atoms with E-state index in [1.807, 2.05) is 19.1 Å². The lowest BCUT2D eigenvalue weighted by Crippen LogP contribution is -2.29. The summed E-state index contributed by atoms with van der Waals surface area (Å²) in [5, 5.41) is 18.9. The van der Waals surface area contributed by atoms with Crippen LogP contribution in [0.4, 0.5) is 4.39 Å². The smallest absolute Gasteiger partial charge is 0.165 e. The molecule has 1 unspecified atom stereocenters. The third-order valence-electron chi connectivity index (χ3n) is 6.37. The molecule has 4 atom stereocenters. The number of likely N-dealkylation sites (tertiary alicyclic amines) is 1. The molecule has 1 saturated heterocycles. The maximum Gasteiger partial charge on any atom is 0.165 e. The number of hydrogen-bond acceptors (Lipinski definition) is 5. The number of aromatic nitrogens is 1. The van der Waals surface area contributed by atoms with E-state index in [9.17, 15) is 14.6 Å². The van der Waals surface area contributed by atoms with Crippen LogP contribution >= 0.6 is 0 Å². The predicted molar refractivity (Wildman–Crippen MR) is 109 cm³/mol. The van der Waals surface area contributed by atoms with Crippen LogP contribution in [0.5, 0.6) is 11.5 Å². The van der Waals surface area contributed by atoms with E-state index in [4.69, 9.17) is 4.74 Å². The number of aromatic hydroxyl groups is 1. The van der Waals surface area contributed by atoms with Gasteiger partial charge in [-0.2, -0.15) is 0 Å². The Morgan fingerprint density at radius 3 is 2.59 bits per heavy atom. The van der Waals surface area contributed by atoms with E-state index in [1.54, 1.807) is 12.3 Å². The number of phenols is 1. The van der Waals surface area contributed by atoms with E-state index in [2.05, 4.69) is 9.88 Å². The molecule has 2 fully saturated rings. The van der Waals surface area contributed by atoms with Gasteiger partial charge in [0.15, 0.2) is 11.6 Å². The number of aliphatic hydroxyl groups is 1. The second-order valence-corrected chi connectivity index (χ2v) is 8.51. The third kappa shape index (κ3) is 4.70. The SMILES string of the molecule is Cc1ccc(O[C@H]2C[C@@H]3CN(CC(CCO)c4ccc(O)c(F)c4)C[C@@H]3C2)cn1. The van der Waals surface area contributed by atoms with Gasteiger partial charge in [-0.3, -0.25) is 4.98 Å². The Balaban J connectivity index is 1.33. The largest absolute Gasteiger partial charge is 0.505 e. The topological polar surface area (TPSA) is 65.8 Å². The van der Waals surface area contributed by atoms with Crippen molar-refractivity contribution in [3.8, 4) is 11.5 Å². The lowest BCUT2D eigenvalue weighted by Gasteiger charge is -2.25. The molecule has 5 nitrogen and oxygen atoms in total. The van der Waals surface area contributed by atoms with Gasteiger partial charge in [-0.25, -0.2) is 4.39 Å². The Labute approximate surface area is 171 Å². The minimum absolute atomic E-state index is 0.0552. The molecule has 1 aromatic heterocycles. The van der Waals surface area contributed by atoms with Crippen molar-refractivity contribution in [2.75, 3.05) is 26.2 Å². The fraction of sp³-hybridized carbons (Fsp3) is 0.522. The molecule has 2 N–H and O–H groups in total. The Kier molecular flexibility index (Phi) is 6.01. The number of nitrogens with zero attached hydrogens (tertiary/aromatic N) is 2. The molecule has 29 heavy (non-hydrogen) atoms. The Bertz CT molecular complexity index is 815. The van der Waals surface area contributed by atoms with Crippen molar-refractivity contribution in [1.29, 1.82) is 0 Å². The number of benzene rings is 1. The van der Waals surface area contributed by atoms with Gasteiger partial charge in [0.05, 0.1) is 12.3 Å². The number of pyridine rings is 1. The van der Waals surface area contributed by atoms with Gasteiger partial charge in [-0.15, -0.1) is 0 Å². The average Bonchev–Trinajstić information content (AvgIpc) is 3.23. The van der Waals surface area contributed by atoms with Crippen molar-refractivity contribution in [2.45, 2.75) is 38.2 Å². The zero-order chi connectivity index (χ0) is 20.4. The molecule has 1 aliphatic carbocycles. The summed E-state index contributed by atoms with van der Waals surface area (Å²) < 4.78 is 19.9. The molecule has 1 aromatic carbocycles. The number of ether oxygens (including phenoxy) is 1. The van der Waals surface area contributed by atoms with Crippen molar-refractivity contribution in [3.63, 3.8) is 0 Å². The first-order valence-electron chi connectivity index (χ1n) is 10.4. The van der Waals surface area contributed by atoms with E-state index in [0.717, 1.165) is 49.5 Å². The minimum atomic E-state index is -0.602. The van der Waals surface area contributed by atoms with Gasteiger partial charge in [-0.1, -0.05) is 6.07 Å². The van der Waals surface area contributed by atoms with Crippen molar-refractivity contribution in [2.24, 2.45) is 11.8 Å². The number of fused-ring (bicyclic) bond motifs is 1. The van der Waals surface area contributed by atoms with Crippen LogP contribution in [0.1, 0.15) is 36.4 Å². The zero-order valence-electron chi connectivity index (χ0n) is 16.8. The minimum Gasteiger partial charge on any atom is -0.505 e. The summed E-state index contributed by atoms with van der Waals surface area (Å²) >= 11 is 0. The summed E-state index contributed by atoms with van der Waals surface area (Å²) in [5.41, 5.74) is 1.82. The van der Waals surface area contributed by atoms with Gasteiger partial charge in [0, 0.05) is 31.9 Å². The highest BCUT2D eigenvalue weighted by molar-refractivity contribution is 5.30. The van der Waals surface area contributed by atoms with Crippen molar-refractivity contribution >= 4 is 0 Å². The van der Waals surface area contributed by atoms with Gasteiger partial charge in [0.25, 0.3) is 0 Å². The fourth-order valence-electron chi connectivity index (χ4n) is 4.91. The highest BCUT2D eigenvalue weighted by Crippen LogP contribution is 2.40. The quantitative estimate of drug-likeness (QED) is 0.745. The molecular formula is C23H29FN2O3. The number of rotatable bonds is 7. The summed E-state index contributed by atoms with van der Waals surface area (Å²) in [6, 6.07) is 8.51. The predicted octanol–water partition coefficient (Wildman–Crippen LogP) is 3.49. The van der Waals surface area contributed by atoms with E-state index >= 15 is 0 Å². The van der Waals surface area contributed by atoms with Crippen molar-refractivity contribution < 1.29 is 19.3 Å². The molecule has 1 saturated carbocycles. The maximum absolute atomic E-state index is 13.8. The number of hydrogen-bond donors (Lipinski definition) is 2. The molecule has 2 heterocycles. The number of phenolic OH excluding ortho intramolecular Hbond substituents is 1. The second kappa shape index (κ2) is 8.67. The molecule has 156 valence electrons. The first kappa shape index (κ1) is 20.1. The number of aryl methyl sites for hydroxylation is 1. The van der Waals surface area contributed by atoms with E-state index in [0.29, 0.717) is 18.3 Å². The van der Waals surface area contributed by atoms with Gasteiger partial charge in [-0.05, 0) is 73.8 Å². The Hall–Kier alpha value is -2.18. The zero-order valence-corrected chi connectivity index (χ0v) is 16.8. The Morgan fingerprint density at radius 2 is 1.97 bits per heavy atom. The number of aliphatic hydroxyl groups excluding tert-OH is 1. The molecule has 4 rings (SSSR count). The van der Waals surface area contributed by atoms with Crippen LogP contribution in [0.3, 0.4) is 0 Å². The van der Waals surface area contributed by atoms with Gasteiger partial charge >= 0.3 is 0 Å². The fourth-order valence-corrected chi connectivity index (χ4v) is 4.91.